The first kappa shape index (κ1) is 14.7. The molecule has 0 aromatic carbocycles. The molecule has 1 aromatic heterocycles. The van der Waals surface area contributed by atoms with Crippen molar-refractivity contribution in [1.29, 1.82) is 0 Å². The topological polar surface area (TPSA) is 47.0 Å². The molecule has 1 heterocycles. The van der Waals surface area contributed by atoms with Crippen LogP contribution in [0, 0.1) is 0 Å². The molecule has 0 spiro atoms. The Labute approximate surface area is 110 Å². The van der Waals surface area contributed by atoms with E-state index in [4.69, 9.17) is 4.74 Å². The van der Waals surface area contributed by atoms with Crippen LogP contribution in [-0.2, 0) is 0 Å². The summed E-state index contributed by atoms with van der Waals surface area (Å²) in [5, 5.41) is 3.33. The van der Waals surface area contributed by atoms with Crippen molar-refractivity contribution in [1.82, 2.24) is 9.97 Å². The second-order valence-corrected chi connectivity index (χ2v) is 4.73. The van der Waals surface area contributed by atoms with E-state index >= 15 is 0 Å². The van der Waals surface area contributed by atoms with E-state index in [9.17, 15) is 0 Å². The Hall–Kier alpha value is -1.32. The number of rotatable bonds is 8. The minimum Gasteiger partial charge on any atom is -0.478 e. The van der Waals surface area contributed by atoms with Crippen LogP contribution in [0.25, 0.3) is 0 Å². The highest BCUT2D eigenvalue weighted by molar-refractivity contribution is 5.38. The molecule has 0 aliphatic heterocycles. The van der Waals surface area contributed by atoms with Crippen LogP contribution in [0.3, 0.4) is 0 Å². The van der Waals surface area contributed by atoms with Gasteiger partial charge in [0.05, 0.1) is 6.61 Å². The van der Waals surface area contributed by atoms with Gasteiger partial charge in [0.25, 0.3) is 0 Å². The molecule has 0 saturated heterocycles. The SMILES string of the molecule is CCCCNc1cc(OCCC)nc(C(C)C)n1. The summed E-state index contributed by atoms with van der Waals surface area (Å²) < 4.78 is 5.60. The summed E-state index contributed by atoms with van der Waals surface area (Å²) in [5.74, 6) is 2.69. The Kier molecular flexibility index (Phi) is 6.47. The lowest BCUT2D eigenvalue weighted by atomic mass is 10.2. The molecule has 0 fully saturated rings. The van der Waals surface area contributed by atoms with Crippen LogP contribution in [0.15, 0.2) is 6.07 Å². The fourth-order valence-corrected chi connectivity index (χ4v) is 1.47. The lowest BCUT2D eigenvalue weighted by Crippen LogP contribution is -2.08. The van der Waals surface area contributed by atoms with E-state index in [1.807, 2.05) is 6.07 Å². The van der Waals surface area contributed by atoms with Gasteiger partial charge in [0.15, 0.2) is 0 Å². The smallest absolute Gasteiger partial charge is 0.218 e. The molecular formula is C14H25N3O. The van der Waals surface area contributed by atoms with E-state index < -0.39 is 0 Å². The summed E-state index contributed by atoms with van der Waals surface area (Å²) >= 11 is 0. The maximum absolute atomic E-state index is 5.60. The minimum absolute atomic E-state index is 0.307. The lowest BCUT2D eigenvalue weighted by Gasteiger charge is -2.11. The lowest BCUT2D eigenvalue weighted by molar-refractivity contribution is 0.303. The molecular weight excluding hydrogens is 226 g/mol. The Morgan fingerprint density at radius 3 is 2.61 bits per heavy atom. The molecule has 0 unspecified atom stereocenters. The van der Waals surface area contributed by atoms with Crippen molar-refractivity contribution in [3.63, 3.8) is 0 Å². The number of anilines is 1. The average molecular weight is 251 g/mol. The van der Waals surface area contributed by atoms with Gasteiger partial charge >= 0.3 is 0 Å². The average Bonchev–Trinajstić information content (AvgIpc) is 2.36. The molecule has 4 nitrogen and oxygen atoms in total. The predicted octanol–water partition coefficient (Wildman–Crippen LogP) is 3.60. The molecule has 0 amide bonds. The standard InChI is InChI=1S/C14H25N3O/c1-5-7-8-15-12-10-13(18-9-6-2)17-14(16-12)11(3)4/h10-11H,5-9H2,1-4H3,(H,15,16,17). The Balaban J connectivity index is 2.77. The van der Waals surface area contributed by atoms with Gasteiger partial charge in [-0.3, -0.25) is 0 Å². The van der Waals surface area contributed by atoms with Crippen molar-refractivity contribution in [2.45, 2.75) is 52.9 Å². The third-order valence-electron chi connectivity index (χ3n) is 2.53. The summed E-state index contributed by atoms with van der Waals surface area (Å²) in [6.45, 7) is 10.1. The van der Waals surface area contributed by atoms with E-state index in [1.54, 1.807) is 0 Å². The minimum atomic E-state index is 0.307. The first-order chi connectivity index (χ1) is 8.67. The monoisotopic (exact) mass is 251 g/mol. The zero-order valence-electron chi connectivity index (χ0n) is 12.0. The fourth-order valence-electron chi connectivity index (χ4n) is 1.47. The van der Waals surface area contributed by atoms with Gasteiger partial charge in [-0.2, -0.15) is 4.98 Å². The zero-order valence-corrected chi connectivity index (χ0v) is 12.0. The molecule has 1 aromatic rings. The summed E-state index contributed by atoms with van der Waals surface area (Å²) in [4.78, 5) is 8.94. The van der Waals surface area contributed by atoms with Crippen molar-refractivity contribution in [2.24, 2.45) is 0 Å². The molecule has 0 aliphatic rings. The van der Waals surface area contributed by atoms with E-state index in [1.165, 1.54) is 6.42 Å². The number of hydrogen-bond acceptors (Lipinski definition) is 4. The molecule has 0 bridgehead atoms. The van der Waals surface area contributed by atoms with Crippen molar-refractivity contribution in [3.05, 3.63) is 11.9 Å². The van der Waals surface area contributed by atoms with Crippen LogP contribution >= 0.6 is 0 Å². The zero-order chi connectivity index (χ0) is 13.4. The molecule has 0 radical (unpaired) electrons. The van der Waals surface area contributed by atoms with Gasteiger partial charge in [0.2, 0.25) is 5.88 Å². The van der Waals surface area contributed by atoms with Gasteiger partial charge < -0.3 is 10.1 Å². The molecule has 0 aliphatic carbocycles. The van der Waals surface area contributed by atoms with Crippen LogP contribution in [0.5, 0.6) is 5.88 Å². The van der Waals surface area contributed by atoms with Gasteiger partial charge in [-0.1, -0.05) is 34.1 Å². The fraction of sp³-hybridized carbons (Fsp3) is 0.714. The maximum atomic E-state index is 5.60. The molecule has 4 heteroatoms. The normalized spacial score (nSPS) is 10.7. The van der Waals surface area contributed by atoms with Crippen molar-refractivity contribution < 1.29 is 4.74 Å². The second-order valence-electron chi connectivity index (χ2n) is 4.73. The second kappa shape index (κ2) is 7.90. The largest absolute Gasteiger partial charge is 0.478 e. The summed E-state index contributed by atoms with van der Waals surface area (Å²) in [5.41, 5.74) is 0. The molecule has 1 rings (SSSR count). The van der Waals surface area contributed by atoms with E-state index in [0.29, 0.717) is 18.4 Å². The van der Waals surface area contributed by atoms with Crippen LogP contribution in [0.4, 0.5) is 5.82 Å². The highest BCUT2D eigenvalue weighted by Gasteiger charge is 2.08. The molecule has 102 valence electrons. The third kappa shape index (κ3) is 4.90. The van der Waals surface area contributed by atoms with Gasteiger partial charge in [0.1, 0.15) is 11.6 Å². The Bertz CT molecular complexity index is 353. The van der Waals surface area contributed by atoms with Crippen molar-refractivity contribution >= 4 is 5.82 Å². The van der Waals surface area contributed by atoms with Crippen LogP contribution in [0.1, 0.15) is 58.7 Å². The Morgan fingerprint density at radius 1 is 1.22 bits per heavy atom. The number of unbranched alkanes of at least 4 members (excludes halogenated alkanes) is 1. The van der Waals surface area contributed by atoms with Crippen LogP contribution in [-0.4, -0.2) is 23.1 Å². The molecule has 18 heavy (non-hydrogen) atoms. The quantitative estimate of drug-likeness (QED) is 0.717. The number of ether oxygens (including phenoxy) is 1. The van der Waals surface area contributed by atoms with Gasteiger partial charge in [-0.25, -0.2) is 4.98 Å². The maximum Gasteiger partial charge on any atom is 0.218 e. The molecule has 0 atom stereocenters. The highest BCUT2D eigenvalue weighted by Crippen LogP contribution is 2.18. The van der Waals surface area contributed by atoms with E-state index in [-0.39, 0.29) is 0 Å². The third-order valence-corrected chi connectivity index (χ3v) is 2.53. The number of nitrogens with zero attached hydrogens (tertiary/aromatic N) is 2. The number of hydrogen-bond donors (Lipinski definition) is 1. The molecule has 0 saturated carbocycles. The van der Waals surface area contributed by atoms with Crippen LogP contribution < -0.4 is 10.1 Å². The van der Waals surface area contributed by atoms with Crippen molar-refractivity contribution in [2.75, 3.05) is 18.5 Å². The highest BCUT2D eigenvalue weighted by atomic mass is 16.5. The summed E-state index contributed by atoms with van der Waals surface area (Å²) in [7, 11) is 0. The Morgan fingerprint density at radius 2 is 2.00 bits per heavy atom. The van der Waals surface area contributed by atoms with Crippen molar-refractivity contribution in [3.8, 4) is 5.88 Å². The molecule has 1 N–H and O–H groups in total. The van der Waals surface area contributed by atoms with E-state index in [0.717, 1.165) is 31.0 Å². The van der Waals surface area contributed by atoms with Gasteiger partial charge in [-0.15, -0.1) is 0 Å². The predicted molar refractivity (Wildman–Crippen MR) is 75.3 cm³/mol. The number of nitrogens with one attached hydrogen (secondary N) is 1. The first-order valence-electron chi connectivity index (χ1n) is 6.93. The summed E-state index contributed by atoms with van der Waals surface area (Å²) in [6, 6.07) is 1.89. The number of aromatic nitrogens is 2. The summed E-state index contributed by atoms with van der Waals surface area (Å²) in [6.07, 6.45) is 3.31. The van der Waals surface area contributed by atoms with Gasteiger partial charge in [0, 0.05) is 18.5 Å². The van der Waals surface area contributed by atoms with E-state index in [2.05, 4.69) is 43.0 Å². The first-order valence-corrected chi connectivity index (χ1v) is 6.93. The van der Waals surface area contributed by atoms with Crippen LogP contribution in [0.2, 0.25) is 0 Å². The van der Waals surface area contributed by atoms with Gasteiger partial charge in [-0.05, 0) is 12.8 Å².